The number of carbonyl (C=O) groups excluding carboxylic acids is 1. The number of benzene rings is 1. The zero-order chi connectivity index (χ0) is 20.2. The average molecular weight is 394 g/mol. The van der Waals surface area contributed by atoms with Crippen molar-refractivity contribution in [2.45, 2.75) is 57.7 Å². The highest BCUT2D eigenvalue weighted by Crippen LogP contribution is 2.32. The van der Waals surface area contributed by atoms with E-state index in [1.165, 1.54) is 0 Å². The van der Waals surface area contributed by atoms with Crippen LogP contribution in [-0.4, -0.2) is 26.7 Å². The van der Waals surface area contributed by atoms with E-state index in [0.29, 0.717) is 12.1 Å². The number of nitrogens with zero attached hydrogens (tertiary/aromatic N) is 2. The van der Waals surface area contributed by atoms with Gasteiger partial charge >= 0.3 is 6.09 Å². The molecule has 1 aromatic carbocycles. The number of ether oxygens (including phenoxy) is 1. The highest BCUT2D eigenvalue weighted by Gasteiger charge is 2.27. The zero-order valence-electron chi connectivity index (χ0n) is 16.6. The molecule has 1 fully saturated rings. The summed E-state index contributed by atoms with van der Waals surface area (Å²) in [5, 5.41) is 2.98. The maximum Gasteiger partial charge on any atom is 0.407 e. The molecule has 1 amide bonds. The van der Waals surface area contributed by atoms with E-state index in [9.17, 15) is 9.59 Å². The first-order valence-corrected chi connectivity index (χ1v) is 10.2. The first-order chi connectivity index (χ1) is 14.1. The number of amides is 1. The van der Waals surface area contributed by atoms with Crippen LogP contribution < -0.4 is 10.9 Å². The molecule has 0 aliphatic heterocycles. The van der Waals surface area contributed by atoms with Gasteiger partial charge in [0.15, 0.2) is 5.52 Å². The molecule has 0 saturated heterocycles. The molecule has 2 N–H and O–H groups in total. The van der Waals surface area contributed by atoms with Crippen LogP contribution in [0.5, 0.6) is 0 Å². The van der Waals surface area contributed by atoms with Crippen molar-refractivity contribution >= 4 is 17.1 Å². The van der Waals surface area contributed by atoms with Gasteiger partial charge in [-0.3, -0.25) is 4.79 Å². The maximum atomic E-state index is 12.5. The van der Waals surface area contributed by atoms with E-state index in [1.807, 2.05) is 43.3 Å². The predicted molar refractivity (Wildman–Crippen MR) is 111 cm³/mol. The van der Waals surface area contributed by atoms with Gasteiger partial charge in [0.1, 0.15) is 12.4 Å². The lowest BCUT2D eigenvalue weighted by Crippen LogP contribution is -2.38. The summed E-state index contributed by atoms with van der Waals surface area (Å²) < 4.78 is 7.00. The number of pyridine rings is 1. The summed E-state index contributed by atoms with van der Waals surface area (Å²) in [7, 11) is 0. The van der Waals surface area contributed by atoms with Gasteiger partial charge < -0.3 is 19.6 Å². The molecule has 152 valence electrons. The molecule has 7 heteroatoms. The van der Waals surface area contributed by atoms with Crippen LogP contribution in [0.3, 0.4) is 0 Å². The Labute approximate surface area is 169 Å². The standard InChI is InChI=1S/C22H26N4O3/c1-2-26-12-11-18-19(21(26)27)25-20(24-18)16-9-6-10-17(13-16)23-22(28)29-14-15-7-4-3-5-8-15/h3-5,7-8,11-12,16-17H,2,6,9-10,13-14H2,1H3,(H,23,28)(H,24,25). The fraction of sp³-hybridized carbons (Fsp3) is 0.409. The largest absolute Gasteiger partial charge is 0.445 e. The topological polar surface area (TPSA) is 89.0 Å². The van der Waals surface area contributed by atoms with Crippen molar-refractivity contribution in [1.82, 2.24) is 19.9 Å². The van der Waals surface area contributed by atoms with Crippen LogP contribution in [0.4, 0.5) is 4.79 Å². The maximum absolute atomic E-state index is 12.5. The van der Waals surface area contributed by atoms with Gasteiger partial charge in [0.05, 0.1) is 5.52 Å². The number of rotatable bonds is 5. The van der Waals surface area contributed by atoms with Crippen LogP contribution in [0.1, 0.15) is 49.9 Å². The van der Waals surface area contributed by atoms with Gasteiger partial charge in [0.2, 0.25) is 0 Å². The number of hydrogen-bond acceptors (Lipinski definition) is 4. The summed E-state index contributed by atoms with van der Waals surface area (Å²) in [5.41, 5.74) is 2.15. The van der Waals surface area contributed by atoms with Gasteiger partial charge in [-0.15, -0.1) is 0 Å². The molecule has 2 atom stereocenters. The molecule has 29 heavy (non-hydrogen) atoms. The molecule has 2 unspecified atom stereocenters. The molecule has 0 radical (unpaired) electrons. The number of alkyl carbamates (subject to hydrolysis) is 1. The van der Waals surface area contributed by atoms with E-state index in [4.69, 9.17) is 4.74 Å². The Hall–Kier alpha value is -3.09. The van der Waals surface area contributed by atoms with Crippen molar-refractivity contribution in [3.05, 3.63) is 64.3 Å². The van der Waals surface area contributed by atoms with E-state index >= 15 is 0 Å². The third-order valence-electron chi connectivity index (χ3n) is 5.57. The molecule has 4 rings (SSSR count). The molecule has 2 aromatic heterocycles. The molecular weight excluding hydrogens is 368 g/mol. The van der Waals surface area contributed by atoms with E-state index in [2.05, 4.69) is 15.3 Å². The number of aromatic amines is 1. The molecule has 0 spiro atoms. The number of hydrogen-bond donors (Lipinski definition) is 2. The highest BCUT2D eigenvalue weighted by molar-refractivity contribution is 5.73. The van der Waals surface area contributed by atoms with E-state index in [1.54, 1.807) is 10.8 Å². The van der Waals surface area contributed by atoms with Crippen molar-refractivity contribution in [2.75, 3.05) is 0 Å². The Bertz CT molecular complexity index is 1040. The fourth-order valence-electron chi connectivity index (χ4n) is 4.00. The number of fused-ring (bicyclic) bond motifs is 1. The van der Waals surface area contributed by atoms with Crippen molar-refractivity contribution in [3.8, 4) is 0 Å². The van der Waals surface area contributed by atoms with Crippen LogP contribution >= 0.6 is 0 Å². The lowest BCUT2D eigenvalue weighted by molar-refractivity contribution is 0.132. The fourth-order valence-corrected chi connectivity index (χ4v) is 4.00. The molecular formula is C22H26N4O3. The number of aromatic nitrogens is 3. The zero-order valence-corrected chi connectivity index (χ0v) is 16.6. The van der Waals surface area contributed by atoms with Gasteiger partial charge in [-0.05, 0) is 37.8 Å². The Kier molecular flexibility index (Phi) is 5.64. The van der Waals surface area contributed by atoms with Crippen LogP contribution in [-0.2, 0) is 17.9 Å². The van der Waals surface area contributed by atoms with Gasteiger partial charge in [-0.1, -0.05) is 36.8 Å². The third-order valence-corrected chi connectivity index (χ3v) is 5.57. The van der Waals surface area contributed by atoms with Crippen molar-refractivity contribution in [3.63, 3.8) is 0 Å². The summed E-state index contributed by atoms with van der Waals surface area (Å²) in [6, 6.07) is 11.6. The van der Waals surface area contributed by atoms with Crippen molar-refractivity contribution in [1.29, 1.82) is 0 Å². The molecule has 3 aromatic rings. The van der Waals surface area contributed by atoms with E-state index < -0.39 is 6.09 Å². The molecule has 1 aliphatic carbocycles. The minimum Gasteiger partial charge on any atom is -0.445 e. The monoisotopic (exact) mass is 394 g/mol. The smallest absolute Gasteiger partial charge is 0.407 e. The Balaban J connectivity index is 1.39. The van der Waals surface area contributed by atoms with Crippen LogP contribution in [0.2, 0.25) is 0 Å². The second-order valence-corrected chi connectivity index (χ2v) is 7.56. The number of nitrogens with one attached hydrogen (secondary N) is 2. The quantitative estimate of drug-likeness (QED) is 0.691. The molecule has 1 aliphatic rings. The molecule has 1 saturated carbocycles. The first-order valence-electron chi connectivity index (χ1n) is 10.2. The second kappa shape index (κ2) is 8.51. The normalized spacial score (nSPS) is 19.2. The number of carbonyl (C=O) groups is 1. The second-order valence-electron chi connectivity index (χ2n) is 7.56. The number of imidazole rings is 1. The number of H-pyrrole nitrogens is 1. The van der Waals surface area contributed by atoms with Crippen LogP contribution in [0.25, 0.3) is 11.0 Å². The van der Waals surface area contributed by atoms with Crippen molar-refractivity contribution < 1.29 is 9.53 Å². The summed E-state index contributed by atoms with van der Waals surface area (Å²) in [6.45, 7) is 2.82. The molecule has 7 nitrogen and oxygen atoms in total. The molecule has 2 heterocycles. The molecule has 0 bridgehead atoms. The van der Waals surface area contributed by atoms with Gasteiger partial charge in [-0.25, -0.2) is 9.78 Å². The van der Waals surface area contributed by atoms with E-state index in [0.717, 1.165) is 42.6 Å². The van der Waals surface area contributed by atoms with Crippen LogP contribution in [0, 0.1) is 0 Å². The SMILES string of the molecule is CCn1ccc2[nH]c(C3CCCC(NC(=O)OCc4ccccc4)C3)nc2c1=O. The Morgan fingerprint density at radius 2 is 2.10 bits per heavy atom. The summed E-state index contributed by atoms with van der Waals surface area (Å²) >= 11 is 0. The minimum atomic E-state index is -0.394. The third kappa shape index (κ3) is 4.34. The minimum absolute atomic E-state index is 0.0394. The van der Waals surface area contributed by atoms with Gasteiger partial charge in [0, 0.05) is 24.7 Å². The predicted octanol–water partition coefficient (Wildman–Crippen LogP) is 3.70. The summed E-state index contributed by atoms with van der Waals surface area (Å²) in [5.74, 6) is 1.01. The summed E-state index contributed by atoms with van der Waals surface area (Å²) in [4.78, 5) is 32.6. The Morgan fingerprint density at radius 3 is 2.90 bits per heavy atom. The van der Waals surface area contributed by atoms with Gasteiger partial charge in [-0.2, -0.15) is 0 Å². The average Bonchev–Trinajstić information content (AvgIpc) is 3.19. The lowest BCUT2D eigenvalue weighted by atomic mass is 9.85. The number of aryl methyl sites for hydroxylation is 1. The van der Waals surface area contributed by atoms with E-state index in [-0.39, 0.29) is 24.1 Å². The first kappa shape index (κ1) is 19.2. The summed E-state index contributed by atoms with van der Waals surface area (Å²) in [6.07, 6.45) is 5.07. The van der Waals surface area contributed by atoms with Gasteiger partial charge in [0.25, 0.3) is 5.56 Å². The van der Waals surface area contributed by atoms with Crippen LogP contribution in [0.15, 0.2) is 47.4 Å². The Morgan fingerprint density at radius 1 is 1.28 bits per heavy atom. The van der Waals surface area contributed by atoms with Crippen molar-refractivity contribution in [2.24, 2.45) is 0 Å². The lowest BCUT2D eigenvalue weighted by Gasteiger charge is -2.28. The highest BCUT2D eigenvalue weighted by atomic mass is 16.5.